The summed E-state index contributed by atoms with van der Waals surface area (Å²) < 4.78 is 34.3. The van der Waals surface area contributed by atoms with Crippen LogP contribution in [0.15, 0.2) is 34.1 Å². The quantitative estimate of drug-likeness (QED) is 0.176. The standard InChI is InChI=1S/C29H45N5O5S/c35-28-26(27(29(28)36)32-24-12-15-30-16-13-24)31-14-7-3-4-8-23-40(37,38)34(25-10-5-1-2-6-11-25)18-9-17-33-19-21-39-22-20-33/h12-13,15-16,25,31H,1-11,14,17-23H2,(H,30,32). The molecule has 1 aliphatic carbocycles. The average Bonchev–Trinajstić information content (AvgIpc) is 3.26. The van der Waals surface area contributed by atoms with Gasteiger partial charge in [0.25, 0.3) is 10.9 Å². The first-order valence-electron chi connectivity index (χ1n) is 15.0. The van der Waals surface area contributed by atoms with Gasteiger partial charge in [-0.1, -0.05) is 38.5 Å². The van der Waals surface area contributed by atoms with Gasteiger partial charge >= 0.3 is 0 Å². The van der Waals surface area contributed by atoms with Crippen molar-refractivity contribution in [1.82, 2.24) is 14.2 Å². The molecule has 11 heteroatoms. The van der Waals surface area contributed by atoms with Crippen LogP contribution in [0.4, 0.5) is 17.1 Å². The van der Waals surface area contributed by atoms with E-state index in [2.05, 4.69) is 20.5 Å². The van der Waals surface area contributed by atoms with Gasteiger partial charge in [-0.15, -0.1) is 0 Å². The Morgan fingerprint density at radius 3 is 2.30 bits per heavy atom. The Bertz CT molecular complexity index is 1200. The Labute approximate surface area is 238 Å². The van der Waals surface area contributed by atoms with E-state index in [1.165, 1.54) is 12.8 Å². The summed E-state index contributed by atoms with van der Waals surface area (Å²) in [5, 5.41) is 6.07. The number of ether oxygens (including phenoxy) is 1. The fourth-order valence-electron chi connectivity index (χ4n) is 5.72. The lowest BCUT2D eigenvalue weighted by Crippen LogP contribution is -2.44. The fourth-order valence-corrected chi connectivity index (χ4v) is 7.60. The van der Waals surface area contributed by atoms with Crippen molar-refractivity contribution in [2.45, 2.75) is 76.7 Å². The number of aromatic nitrogens is 1. The van der Waals surface area contributed by atoms with Crippen LogP contribution in [0.3, 0.4) is 0 Å². The van der Waals surface area contributed by atoms with Gasteiger partial charge in [-0.3, -0.25) is 19.5 Å². The van der Waals surface area contributed by atoms with E-state index < -0.39 is 20.9 Å². The Kier molecular flexibility index (Phi) is 11.9. The van der Waals surface area contributed by atoms with E-state index in [0.29, 0.717) is 30.9 Å². The second-order valence-electron chi connectivity index (χ2n) is 11.0. The molecular formula is C29H45N5O5S. The van der Waals surface area contributed by atoms with E-state index in [1.807, 2.05) is 4.31 Å². The minimum atomic E-state index is -3.32. The number of unbranched alkanes of at least 4 members (excludes halogenated alkanes) is 3. The minimum absolute atomic E-state index is 0.132. The van der Waals surface area contributed by atoms with Gasteiger partial charge in [0.15, 0.2) is 0 Å². The summed E-state index contributed by atoms with van der Waals surface area (Å²) in [5.41, 5.74) is 0.280. The molecule has 222 valence electrons. The second-order valence-corrected chi connectivity index (χ2v) is 13.0. The smallest absolute Gasteiger partial charge is 0.253 e. The van der Waals surface area contributed by atoms with Gasteiger partial charge in [-0.05, 0) is 50.8 Å². The number of anilines is 3. The van der Waals surface area contributed by atoms with Crippen molar-refractivity contribution in [3.8, 4) is 0 Å². The maximum atomic E-state index is 13.5. The van der Waals surface area contributed by atoms with Crippen molar-refractivity contribution in [3.05, 3.63) is 45.0 Å². The van der Waals surface area contributed by atoms with Crippen molar-refractivity contribution < 1.29 is 13.2 Å². The van der Waals surface area contributed by atoms with Gasteiger partial charge in [0.2, 0.25) is 10.0 Å². The van der Waals surface area contributed by atoms with Gasteiger partial charge in [-0.2, -0.15) is 4.31 Å². The van der Waals surface area contributed by atoms with E-state index in [9.17, 15) is 18.0 Å². The van der Waals surface area contributed by atoms with E-state index in [0.717, 1.165) is 84.2 Å². The predicted molar refractivity (Wildman–Crippen MR) is 160 cm³/mol. The van der Waals surface area contributed by atoms with Crippen LogP contribution in [-0.4, -0.2) is 80.3 Å². The summed E-state index contributed by atoms with van der Waals surface area (Å²) in [6.45, 7) is 5.44. The molecule has 0 radical (unpaired) electrons. The summed E-state index contributed by atoms with van der Waals surface area (Å²) in [7, 11) is -3.32. The Balaban J connectivity index is 1.19. The molecule has 1 aromatic heterocycles. The summed E-state index contributed by atoms with van der Waals surface area (Å²) in [4.78, 5) is 30.3. The minimum Gasteiger partial charge on any atom is -0.380 e. The maximum Gasteiger partial charge on any atom is 0.253 e. The van der Waals surface area contributed by atoms with Gasteiger partial charge in [0.05, 0.1) is 19.0 Å². The molecule has 2 fully saturated rings. The number of hydrogen-bond donors (Lipinski definition) is 2. The number of nitrogens with zero attached hydrogens (tertiary/aromatic N) is 3. The molecule has 0 bridgehead atoms. The fraction of sp³-hybridized carbons (Fsp3) is 0.690. The number of nitrogens with one attached hydrogen (secondary N) is 2. The number of hydrogen-bond acceptors (Lipinski definition) is 9. The summed E-state index contributed by atoms with van der Waals surface area (Å²) in [5.74, 6) is 0.187. The normalized spacial score (nSPS) is 17.7. The number of rotatable bonds is 16. The lowest BCUT2D eigenvalue weighted by Gasteiger charge is -2.32. The van der Waals surface area contributed by atoms with Crippen LogP contribution >= 0.6 is 0 Å². The van der Waals surface area contributed by atoms with Crippen molar-refractivity contribution in [2.75, 3.05) is 62.3 Å². The molecule has 10 nitrogen and oxygen atoms in total. The van der Waals surface area contributed by atoms with Crippen LogP contribution in [0.2, 0.25) is 0 Å². The summed E-state index contributed by atoms with van der Waals surface area (Å²) in [6.07, 6.45) is 13.7. The van der Waals surface area contributed by atoms with Crippen molar-refractivity contribution in [3.63, 3.8) is 0 Å². The Morgan fingerprint density at radius 1 is 0.900 bits per heavy atom. The first kappa shape index (κ1) is 30.6. The number of morpholine rings is 1. The lowest BCUT2D eigenvalue weighted by molar-refractivity contribution is 0.0365. The topological polar surface area (TPSA) is 121 Å². The number of pyridine rings is 1. The van der Waals surface area contributed by atoms with Gasteiger partial charge in [0.1, 0.15) is 11.4 Å². The zero-order valence-electron chi connectivity index (χ0n) is 23.6. The van der Waals surface area contributed by atoms with Gasteiger partial charge in [0, 0.05) is 50.3 Å². The summed E-state index contributed by atoms with van der Waals surface area (Å²) >= 11 is 0. The highest BCUT2D eigenvalue weighted by Gasteiger charge is 2.30. The van der Waals surface area contributed by atoms with Crippen LogP contribution in [-0.2, 0) is 14.8 Å². The third kappa shape index (κ3) is 8.83. The van der Waals surface area contributed by atoms with E-state index >= 15 is 0 Å². The van der Waals surface area contributed by atoms with E-state index in [1.54, 1.807) is 24.5 Å². The van der Waals surface area contributed by atoms with E-state index in [-0.39, 0.29) is 17.5 Å². The van der Waals surface area contributed by atoms with Crippen LogP contribution in [0.25, 0.3) is 0 Å². The molecule has 0 atom stereocenters. The van der Waals surface area contributed by atoms with Crippen LogP contribution in [0.1, 0.15) is 70.6 Å². The highest BCUT2D eigenvalue weighted by atomic mass is 32.2. The van der Waals surface area contributed by atoms with Crippen LogP contribution < -0.4 is 21.5 Å². The van der Waals surface area contributed by atoms with Crippen molar-refractivity contribution >= 4 is 27.1 Å². The summed E-state index contributed by atoms with van der Waals surface area (Å²) in [6, 6.07) is 3.60. The Hall–Kier alpha value is -2.34. The highest BCUT2D eigenvalue weighted by molar-refractivity contribution is 7.89. The molecule has 4 rings (SSSR count). The third-order valence-corrected chi connectivity index (χ3v) is 10.0. The number of sulfonamides is 1. The zero-order valence-corrected chi connectivity index (χ0v) is 24.4. The average molecular weight is 576 g/mol. The molecule has 0 amide bonds. The molecule has 1 aromatic carbocycles. The molecule has 40 heavy (non-hydrogen) atoms. The molecule has 0 unspecified atom stereocenters. The molecule has 2 aromatic rings. The monoisotopic (exact) mass is 575 g/mol. The molecule has 1 saturated carbocycles. The van der Waals surface area contributed by atoms with Gasteiger partial charge in [-0.25, -0.2) is 8.42 Å². The zero-order chi connectivity index (χ0) is 28.2. The molecular weight excluding hydrogens is 530 g/mol. The Morgan fingerprint density at radius 2 is 1.57 bits per heavy atom. The highest BCUT2D eigenvalue weighted by Crippen LogP contribution is 2.25. The molecule has 2 aliphatic rings. The first-order valence-corrected chi connectivity index (χ1v) is 16.6. The molecule has 2 heterocycles. The van der Waals surface area contributed by atoms with Gasteiger partial charge < -0.3 is 15.4 Å². The molecule has 1 saturated heterocycles. The SMILES string of the molecule is O=c1c(NCCCCCCS(=O)(=O)N(CCCN2CCOCC2)C2CCCCCC2)c(Nc2ccncc2)c1=O. The van der Waals surface area contributed by atoms with E-state index in [4.69, 9.17) is 4.74 Å². The predicted octanol–water partition coefficient (Wildman–Crippen LogP) is 3.47. The lowest BCUT2D eigenvalue weighted by atomic mass is 10.1. The largest absolute Gasteiger partial charge is 0.380 e. The second kappa shape index (κ2) is 15.6. The molecule has 0 spiro atoms. The molecule has 2 N–H and O–H groups in total. The maximum absolute atomic E-state index is 13.5. The first-order chi connectivity index (χ1) is 19.5. The van der Waals surface area contributed by atoms with Crippen molar-refractivity contribution in [1.29, 1.82) is 0 Å². The third-order valence-electron chi connectivity index (χ3n) is 8.04. The van der Waals surface area contributed by atoms with Crippen LogP contribution in [0, 0.1) is 0 Å². The molecule has 1 aliphatic heterocycles. The van der Waals surface area contributed by atoms with Crippen molar-refractivity contribution in [2.24, 2.45) is 0 Å². The van der Waals surface area contributed by atoms with Crippen LogP contribution in [0.5, 0.6) is 0 Å².